The van der Waals surface area contributed by atoms with E-state index < -0.39 is 192 Å². The average molecular weight is 1500 g/mol. The van der Waals surface area contributed by atoms with Crippen molar-refractivity contribution in [1.29, 1.82) is 0 Å². The number of alkyl halides is 6. The third kappa shape index (κ3) is 22.1. The Hall–Kier alpha value is -6.46. The van der Waals surface area contributed by atoms with Gasteiger partial charge in [-0.3, -0.25) is 62.4 Å². The van der Waals surface area contributed by atoms with Gasteiger partial charge >= 0.3 is 6.18 Å². The highest BCUT2D eigenvalue weighted by molar-refractivity contribution is 6.21. The third-order valence-corrected chi connectivity index (χ3v) is 23.7. The highest BCUT2D eigenvalue weighted by Crippen LogP contribution is 2.44. The molecule has 0 aromatic rings. The maximum atomic E-state index is 15.4. The molecule has 0 spiro atoms. The molecular formula is C73H119ClF5N13O12. The van der Waals surface area contributed by atoms with Gasteiger partial charge in [-0.25, -0.2) is 8.78 Å². The van der Waals surface area contributed by atoms with Gasteiger partial charge in [0.05, 0.1) is 25.4 Å². The zero-order valence-electron chi connectivity index (χ0n) is 64.0. The zero-order valence-corrected chi connectivity index (χ0v) is 64.8. The Morgan fingerprint density at radius 1 is 0.625 bits per heavy atom. The maximum Gasteiger partial charge on any atom is 0.393 e. The predicted octanol–water partition coefficient (Wildman–Crippen LogP) is 5.73. The molecule has 590 valence electrons. The summed E-state index contributed by atoms with van der Waals surface area (Å²) in [6, 6.07) is -13.2. The molecule has 6 rings (SSSR count). The third-order valence-electron chi connectivity index (χ3n) is 23.3. The van der Waals surface area contributed by atoms with E-state index in [1.54, 1.807) is 6.92 Å². The highest BCUT2D eigenvalue weighted by Gasteiger charge is 2.50. The van der Waals surface area contributed by atoms with Gasteiger partial charge in [0.15, 0.2) is 0 Å². The Labute approximate surface area is 616 Å². The summed E-state index contributed by atoms with van der Waals surface area (Å²) in [6.07, 6.45) is 1.25. The van der Waals surface area contributed by atoms with Crippen LogP contribution >= 0.6 is 11.6 Å². The average Bonchev–Trinajstić information content (AvgIpc) is 0.853. The molecule has 6 aliphatic rings. The van der Waals surface area contributed by atoms with Crippen molar-refractivity contribution in [2.75, 3.05) is 96.2 Å². The molecule has 0 aromatic carbocycles. The van der Waals surface area contributed by atoms with Crippen LogP contribution in [0.1, 0.15) is 183 Å². The monoisotopic (exact) mass is 1500 g/mol. The van der Waals surface area contributed by atoms with Crippen molar-refractivity contribution in [3.8, 4) is 0 Å². The molecule has 0 radical (unpaired) electrons. The number of hydrogen-bond acceptors (Lipinski definition) is 13. The minimum Gasteiger partial charge on any atom is -0.347 e. The van der Waals surface area contributed by atoms with Gasteiger partial charge in [0.1, 0.15) is 60.4 Å². The molecule has 3 saturated carbocycles. The van der Waals surface area contributed by atoms with Gasteiger partial charge in [0.2, 0.25) is 70.9 Å². The maximum absolute atomic E-state index is 15.4. The van der Waals surface area contributed by atoms with Gasteiger partial charge in [-0.1, -0.05) is 79.1 Å². The van der Waals surface area contributed by atoms with Crippen LogP contribution in [0.15, 0.2) is 0 Å². The summed E-state index contributed by atoms with van der Waals surface area (Å²) < 4.78 is 72.2. The first-order valence-electron chi connectivity index (χ1n) is 37.7. The summed E-state index contributed by atoms with van der Waals surface area (Å²) in [6.45, 7) is 8.98. The minimum atomic E-state index is -4.56. The molecule has 31 heteroatoms. The van der Waals surface area contributed by atoms with Crippen molar-refractivity contribution in [3.63, 3.8) is 0 Å². The molecule has 3 N–H and O–H groups in total. The van der Waals surface area contributed by atoms with Gasteiger partial charge in [-0.15, -0.1) is 11.6 Å². The smallest absolute Gasteiger partial charge is 0.347 e. The molecule has 3 aliphatic heterocycles. The summed E-state index contributed by atoms with van der Waals surface area (Å²) in [5.41, 5.74) is 0. The van der Waals surface area contributed by atoms with Crippen LogP contribution in [0.2, 0.25) is 0 Å². The first-order valence-corrected chi connectivity index (χ1v) is 38.1. The fourth-order valence-electron chi connectivity index (χ4n) is 16.1. The molecule has 6 fully saturated rings. The first-order chi connectivity index (χ1) is 48.6. The quantitative estimate of drug-likeness (QED) is 0.139. The van der Waals surface area contributed by atoms with E-state index in [0.29, 0.717) is 32.1 Å². The lowest BCUT2D eigenvalue weighted by atomic mass is 9.78. The molecule has 25 nitrogen and oxygen atoms in total. The SMILES string of the molecule is CC[C@H](C)[C@@H]1NC(=O)[C@H](CC(C)C)N(C)C(=O)C[C@@H](C(=O)N(C)C)N(C)C(=O)[C@H](C2CCCC2)N(C)C(=O)[C@H](C)NC(=O)[C@H](CCN2CCCC(F)(F)C2)N(C)C(=O)[C@H](CCC2CCC(C(F)(F)F)C(Cl)C2)NC(=O)CN(C)C(=O)[C@H](CC2CCCCC2)N(C)C(=O)[C@@H]2CCN2C(=O)[C@H](C)N(C)C1=O. The van der Waals surface area contributed by atoms with Gasteiger partial charge in [-0.2, -0.15) is 13.2 Å². The second kappa shape index (κ2) is 37.9. The molecule has 14 atom stereocenters. The molecule has 3 unspecified atom stereocenters. The van der Waals surface area contributed by atoms with E-state index in [0.717, 1.165) is 46.8 Å². The van der Waals surface area contributed by atoms with Crippen LogP contribution in [0, 0.1) is 35.5 Å². The van der Waals surface area contributed by atoms with Gasteiger partial charge in [0.25, 0.3) is 5.92 Å². The number of piperidine rings is 1. The van der Waals surface area contributed by atoms with E-state index in [1.165, 1.54) is 112 Å². The van der Waals surface area contributed by atoms with Crippen molar-refractivity contribution in [2.45, 2.75) is 261 Å². The number of halogens is 6. The summed E-state index contributed by atoms with van der Waals surface area (Å²) in [4.78, 5) is 191. The normalized spacial score (nSPS) is 30.9. The Morgan fingerprint density at radius 2 is 1.24 bits per heavy atom. The fraction of sp³-hybridized carbons (Fsp3) is 0.836. The number of amides is 12. The number of rotatable bonds is 14. The number of nitrogens with zero attached hydrogens (tertiary/aromatic N) is 10. The largest absolute Gasteiger partial charge is 0.393 e. The summed E-state index contributed by atoms with van der Waals surface area (Å²) in [5.74, 6) is -15.2. The highest BCUT2D eigenvalue weighted by atomic mass is 35.5. The number of carbonyl (C=O) groups is 12. The van der Waals surface area contributed by atoms with Crippen molar-refractivity contribution < 1.29 is 79.5 Å². The molecule has 3 aliphatic carbocycles. The van der Waals surface area contributed by atoms with Crippen molar-refractivity contribution in [1.82, 2.24) is 64.9 Å². The number of hydrogen-bond donors (Lipinski definition) is 3. The first kappa shape index (κ1) is 86.5. The molecule has 104 heavy (non-hydrogen) atoms. The molecule has 3 saturated heterocycles. The fourth-order valence-corrected chi connectivity index (χ4v) is 16.6. The van der Waals surface area contributed by atoms with E-state index in [1.807, 2.05) is 20.8 Å². The number of nitrogens with one attached hydrogen (secondary N) is 3. The standard InChI is InChI=1S/C73H119ClF5N13O12/c1-16-44(4)60-70(103)85(10)46(6)65(98)92-36-32-54(92)69(102)88(13)56(39-47-23-18-17-19-24-47)68(101)84(9)41-58(93)81-52(30-28-48-27-29-50(51(74)38-48)73(77,78)79)66(99)87(12)53(31-35-91-34-22-33-72(75,76)42-91)62(95)80-45(5)64(97)90(15)61(49-25-20-21-26-49)71(104)89(14)57(67(100)83(7)8)40-59(94)86(11)55(37-43(2)3)63(96)82-60/h43-57,60-61H,16-42H2,1-15H3,(H,80,95)(H,81,93)(H,82,96)/t44-,45-,46-,48?,50?,51?,52-,53-,54-,55-,56-,57-,60-,61-/m0/s1. The van der Waals surface area contributed by atoms with Gasteiger partial charge < -0.3 is 60.0 Å². The van der Waals surface area contributed by atoms with E-state index in [-0.39, 0.29) is 102 Å². The van der Waals surface area contributed by atoms with Crippen molar-refractivity contribution in [2.24, 2.45) is 35.5 Å². The van der Waals surface area contributed by atoms with E-state index in [9.17, 15) is 46.7 Å². The molecule has 3 heterocycles. The lowest BCUT2D eigenvalue weighted by Gasteiger charge is -2.45. The van der Waals surface area contributed by atoms with Crippen LogP contribution in [0.5, 0.6) is 0 Å². The second-order valence-electron chi connectivity index (χ2n) is 31.5. The van der Waals surface area contributed by atoms with Crippen LogP contribution in [0.25, 0.3) is 0 Å². The van der Waals surface area contributed by atoms with Crippen LogP contribution in [-0.4, -0.2) is 294 Å². The van der Waals surface area contributed by atoms with Crippen LogP contribution in [-0.2, 0) is 57.5 Å². The molecular weight excluding hydrogens is 1380 g/mol. The Kier molecular flexibility index (Phi) is 31.5. The van der Waals surface area contributed by atoms with Crippen LogP contribution in [0.3, 0.4) is 0 Å². The second-order valence-corrected chi connectivity index (χ2v) is 32.0. The lowest BCUT2D eigenvalue weighted by molar-refractivity contribution is -0.182. The lowest BCUT2D eigenvalue weighted by Crippen LogP contribution is -2.65. The Bertz CT molecular complexity index is 3030. The zero-order chi connectivity index (χ0) is 77.7. The van der Waals surface area contributed by atoms with Crippen molar-refractivity contribution in [3.05, 3.63) is 0 Å². The summed E-state index contributed by atoms with van der Waals surface area (Å²) >= 11 is 6.40. The number of fused-ring (bicyclic) bond motifs is 1. The molecule has 12 amide bonds. The Morgan fingerprint density at radius 3 is 1.81 bits per heavy atom. The van der Waals surface area contributed by atoms with Gasteiger partial charge in [0, 0.05) is 88.3 Å². The number of likely N-dealkylation sites (tertiary alicyclic amines) is 1. The van der Waals surface area contributed by atoms with Crippen LogP contribution in [0.4, 0.5) is 22.0 Å². The van der Waals surface area contributed by atoms with Gasteiger partial charge in [-0.05, 0) is 127 Å². The molecule has 0 bridgehead atoms. The van der Waals surface area contributed by atoms with Crippen LogP contribution < -0.4 is 16.0 Å². The number of likely N-dealkylation sites (N-methyl/N-ethyl adjacent to an activating group) is 8. The topological polar surface area (TPSA) is 273 Å². The number of carbonyl (C=O) groups excluding carboxylic acids is 12. The van der Waals surface area contributed by atoms with E-state index in [4.69, 9.17) is 11.6 Å². The minimum absolute atomic E-state index is 0.0126. The predicted molar refractivity (Wildman–Crippen MR) is 381 cm³/mol. The summed E-state index contributed by atoms with van der Waals surface area (Å²) in [5, 5.41) is 7.07. The summed E-state index contributed by atoms with van der Waals surface area (Å²) in [7, 11) is 12.5. The van der Waals surface area contributed by atoms with Crippen molar-refractivity contribution >= 4 is 82.5 Å². The van der Waals surface area contributed by atoms with E-state index in [2.05, 4.69) is 16.0 Å². The molecule has 0 aromatic heterocycles. The van der Waals surface area contributed by atoms with E-state index >= 15 is 32.8 Å². The Balaban J connectivity index is 1.44.